The molecule has 0 amide bonds. The summed E-state index contributed by atoms with van der Waals surface area (Å²) in [6.45, 7) is 3.64. The highest BCUT2D eigenvalue weighted by Crippen LogP contribution is 2.26. The zero-order valence-corrected chi connectivity index (χ0v) is 10.9. The van der Waals surface area contributed by atoms with Crippen molar-refractivity contribution in [1.82, 2.24) is 4.90 Å². The van der Waals surface area contributed by atoms with E-state index in [1.807, 2.05) is 0 Å². The number of phenols is 1. The number of ether oxygens (including phenoxy) is 1. The van der Waals surface area contributed by atoms with Gasteiger partial charge in [-0.25, -0.2) is 4.39 Å². The molecule has 2 rings (SSSR count). The van der Waals surface area contributed by atoms with Crippen LogP contribution >= 0.6 is 0 Å². The van der Waals surface area contributed by atoms with E-state index in [9.17, 15) is 9.50 Å². The molecule has 2 atom stereocenters. The number of methoxy groups -OCH3 is 1. The third kappa shape index (κ3) is 2.82. The number of piperidine rings is 1. The Balaban J connectivity index is 2.03. The van der Waals surface area contributed by atoms with Crippen LogP contribution in [0.1, 0.15) is 25.3 Å². The average molecular weight is 253 g/mol. The topological polar surface area (TPSA) is 32.7 Å². The van der Waals surface area contributed by atoms with E-state index in [0.717, 1.165) is 19.4 Å². The van der Waals surface area contributed by atoms with Crippen molar-refractivity contribution < 1.29 is 14.2 Å². The minimum Gasteiger partial charge on any atom is -0.505 e. The molecule has 1 saturated heterocycles. The van der Waals surface area contributed by atoms with Crippen LogP contribution in [0.3, 0.4) is 0 Å². The molecule has 1 aliphatic heterocycles. The molecule has 0 aromatic heterocycles. The summed E-state index contributed by atoms with van der Waals surface area (Å²) in [6, 6.07) is 5.07. The molecule has 0 saturated carbocycles. The fraction of sp³-hybridized carbons (Fsp3) is 0.571. The first-order valence-electron chi connectivity index (χ1n) is 6.35. The Kier molecular flexibility index (Phi) is 4.19. The monoisotopic (exact) mass is 253 g/mol. The van der Waals surface area contributed by atoms with Gasteiger partial charge in [0.25, 0.3) is 0 Å². The normalized spacial score (nSPS) is 25.3. The van der Waals surface area contributed by atoms with Crippen molar-refractivity contribution in [2.45, 2.75) is 38.5 Å². The third-order valence-corrected chi connectivity index (χ3v) is 3.74. The van der Waals surface area contributed by atoms with Gasteiger partial charge in [0.2, 0.25) is 0 Å². The first-order chi connectivity index (χ1) is 8.61. The van der Waals surface area contributed by atoms with Gasteiger partial charge in [-0.2, -0.15) is 0 Å². The van der Waals surface area contributed by atoms with Crippen molar-refractivity contribution in [2.75, 3.05) is 13.7 Å². The second kappa shape index (κ2) is 5.67. The lowest BCUT2D eigenvalue weighted by Gasteiger charge is -2.37. The average Bonchev–Trinajstić information content (AvgIpc) is 2.37. The minimum atomic E-state index is -0.549. The number of hydrogen-bond acceptors (Lipinski definition) is 3. The van der Waals surface area contributed by atoms with Crippen molar-refractivity contribution in [2.24, 2.45) is 0 Å². The molecule has 1 aromatic rings. The molecule has 1 N–H and O–H groups in total. The molecule has 0 radical (unpaired) electrons. The van der Waals surface area contributed by atoms with E-state index < -0.39 is 5.82 Å². The van der Waals surface area contributed by atoms with Gasteiger partial charge in [-0.15, -0.1) is 0 Å². The molecule has 2 unspecified atom stereocenters. The van der Waals surface area contributed by atoms with Crippen molar-refractivity contribution in [3.05, 3.63) is 29.6 Å². The van der Waals surface area contributed by atoms with E-state index in [4.69, 9.17) is 4.74 Å². The van der Waals surface area contributed by atoms with Crippen molar-refractivity contribution in [1.29, 1.82) is 0 Å². The molecule has 1 aliphatic rings. The van der Waals surface area contributed by atoms with Crippen LogP contribution in [-0.4, -0.2) is 35.8 Å². The summed E-state index contributed by atoms with van der Waals surface area (Å²) in [5.74, 6) is -0.773. The summed E-state index contributed by atoms with van der Waals surface area (Å²) in [7, 11) is 1.74. The molecular weight excluding hydrogens is 233 g/mol. The zero-order chi connectivity index (χ0) is 13.1. The number of aromatic hydroxyl groups is 1. The van der Waals surface area contributed by atoms with E-state index in [1.165, 1.54) is 6.07 Å². The van der Waals surface area contributed by atoms with Crippen LogP contribution in [0.25, 0.3) is 0 Å². The van der Waals surface area contributed by atoms with Crippen molar-refractivity contribution >= 4 is 0 Å². The van der Waals surface area contributed by atoms with Gasteiger partial charge in [0.1, 0.15) is 0 Å². The number of rotatable bonds is 3. The fourth-order valence-corrected chi connectivity index (χ4v) is 2.53. The number of likely N-dealkylation sites (tertiary alicyclic amines) is 1. The van der Waals surface area contributed by atoms with Gasteiger partial charge in [-0.3, -0.25) is 4.90 Å². The Labute approximate surface area is 107 Å². The van der Waals surface area contributed by atoms with E-state index in [0.29, 0.717) is 24.3 Å². The van der Waals surface area contributed by atoms with E-state index >= 15 is 0 Å². The van der Waals surface area contributed by atoms with E-state index in [2.05, 4.69) is 11.8 Å². The summed E-state index contributed by atoms with van der Waals surface area (Å²) in [6.07, 6.45) is 2.28. The Morgan fingerprint density at radius 2 is 2.28 bits per heavy atom. The molecule has 18 heavy (non-hydrogen) atoms. The Bertz CT molecular complexity index is 411. The minimum absolute atomic E-state index is 0.224. The molecule has 0 bridgehead atoms. The van der Waals surface area contributed by atoms with Crippen LogP contribution in [0.5, 0.6) is 5.75 Å². The predicted molar refractivity (Wildman–Crippen MR) is 68.0 cm³/mol. The zero-order valence-electron chi connectivity index (χ0n) is 10.9. The van der Waals surface area contributed by atoms with Crippen LogP contribution in [0.4, 0.5) is 4.39 Å². The van der Waals surface area contributed by atoms with Gasteiger partial charge in [-0.1, -0.05) is 12.1 Å². The Morgan fingerprint density at radius 1 is 1.50 bits per heavy atom. The van der Waals surface area contributed by atoms with Gasteiger partial charge < -0.3 is 9.84 Å². The summed E-state index contributed by atoms with van der Waals surface area (Å²) in [5, 5.41) is 9.69. The summed E-state index contributed by atoms with van der Waals surface area (Å²) in [5.41, 5.74) is 0.651. The van der Waals surface area contributed by atoms with Crippen LogP contribution < -0.4 is 0 Å². The lowest BCUT2D eigenvalue weighted by atomic mass is 9.99. The second-order valence-electron chi connectivity index (χ2n) is 4.95. The van der Waals surface area contributed by atoms with Gasteiger partial charge >= 0.3 is 0 Å². The Morgan fingerprint density at radius 3 is 2.94 bits per heavy atom. The number of nitrogens with zero attached hydrogens (tertiary/aromatic N) is 1. The standard InChI is InChI=1S/C14H20FNO2/c1-10-8-12(18-2)6-7-16(10)9-11-4-3-5-13(15)14(11)17/h3-5,10,12,17H,6-9H2,1-2H3. The number of para-hydroxylation sites is 1. The highest BCUT2D eigenvalue weighted by atomic mass is 19.1. The third-order valence-electron chi connectivity index (χ3n) is 3.74. The predicted octanol–water partition coefficient (Wildman–Crippen LogP) is 2.53. The first-order valence-corrected chi connectivity index (χ1v) is 6.35. The molecule has 3 nitrogen and oxygen atoms in total. The molecule has 1 aromatic carbocycles. The van der Waals surface area contributed by atoms with Crippen LogP contribution in [0.15, 0.2) is 18.2 Å². The molecule has 0 aliphatic carbocycles. The first kappa shape index (κ1) is 13.3. The number of phenolic OH excluding ortho intramolecular Hbond substituents is 1. The Hall–Kier alpha value is -1.13. The van der Waals surface area contributed by atoms with E-state index in [-0.39, 0.29) is 5.75 Å². The lowest BCUT2D eigenvalue weighted by Crippen LogP contribution is -2.42. The lowest BCUT2D eigenvalue weighted by molar-refractivity contribution is 0.0127. The number of halogens is 1. The molecule has 1 heterocycles. The van der Waals surface area contributed by atoms with Crippen LogP contribution in [0, 0.1) is 5.82 Å². The molecule has 0 spiro atoms. The second-order valence-corrected chi connectivity index (χ2v) is 4.95. The molecule has 1 fully saturated rings. The number of benzene rings is 1. The van der Waals surface area contributed by atoms with E-state index in [1.54, 1.807) is 19.2 Å². The van der Waals surface area contributed by atoms with Crippen molar-refractivity contribution in [3.8, 4) is 5.75 Å². The SMILES string of the molecule is COC1CCN(Cc2cccc(F)c2O)C(C)C1. The van der Waals surface area contributed by atoms with Gasteiger partial charge in [0, 0.05) is 31.8 Å². The fourth-order valence-electron chi connectivity index (χ4n) is 2.53. The quantitative estimate of drug-likeness (QED) is 0.898. The molecular formula is C14H20FNO2. The highest BCUT2D eigenvalue weighted by Gasteiger charge is 2.25. The maximum atomic E-state index is 13.3. The summed E-state index contributed by atoms with van der Waals surface area (Å²) >= 11 is 0. The van der Waals surface area contributed by atoms with Crippen molar-refractivity contribution in [3.63, 3.8) is 0 Å². The number of hydrogen-bond donors (Lipinski definition) is 1. The molecule has 100 valence electrons. The smallest absolute Gasteiger partial charge is 0.165 e. The largest absolute Gasteiger partial charge is 0.505 e. The van der Waals surface area contributed by atoms with Crippen LogP contribution in [0.2, 0.25) is 0 Å². The maximum absolute atomic E-state index is 13.3. The highest BCUT2D eigenvalue weighted by molar-refractivity contribution is 5.33. The van der Waals surface area contributed by atoms with Crippen LogP contribution in [-0.2, 0) is 11.3 Å². The molecule has 4 heteroatoms. The van der Waals surface area contributed by atoms with Gasteiger partial charge in [0.15, 0.2) is 11.6 Å². The maximum Gasteiger partial charge on any atom is 0.165 e. The summed E-state index contributed by atoms with van der Waals surface area (Å²) < 4.78 is 18.6. The van der Waals surface area contributed by atoms with Gasteiger partial charge in [0.05, 0.1) is 6.10 Å². The summed E-state index contributed by atoms with van der Waals surface area (Å²) in [4.78, 5) is 2.25. The van der Waals surface area contributed by atoms with Gasteiger partial charge in [-0.05, 0) is 25.8 Å².